The van der Waals surface area contributed by atoms with Crippen molar-refractivity contribution in [3.63, 3.8) is 0 Å². The second-order valence-corrected chi connectivity index (χ2v) is 11.6. The Labute approximate surface area is 235 Å². The molecule has 3 aromatic rings. The van der Waals surface area contributed by atoms with Crippen LogP contribution in [-0.2, 0) is 32.6 Å². The molecule has 0 bridgehead atoms. The van der Waals surface area contributed by atoms with Crippen LogP contribution in [0.15, 0.2) is 78.9 Å². The molecule has 0 spiro atoms. The second kappa shape index (κ2) is 13.9. The van der Waals surface area contributed by atoms with Gasteiger partial charge in [0.25, 0.3) is 0 Å². The molecule has 0 saturated heterocycles. The number of hydrogen-bond acceptors (Lipinski definition) is 5. The number of benzene rings is 3. The van der Waals surface area contributed by atoms with Crippen molar-refractivity contribution in [1.82, 2.24) is 10.2 Å². The van der Waals surface area contributed by atoms with Crippen molar-refractivity contribution >= 4 is 27.5 Å². The summed E-state index contributed by atoms with van der Waals surface area (Å²) in [5.74, 6) is -0.819. The molecule has 0 aromatic heterocycles. The molecule has 1 atom stereocenters. The van der Waals surface area contributed by atoms with Crippen molar-refractivity contribution < 1.29 is 27.1 Å². The van der Waals surface area contributed by atoms with Gasteiger partial charge in [-0.25, -0.2) is 12.8 Å². The molecule has 214 valence electrons. The van der Waals surface area contributed by atoms with E-state index in [1.54, 1.807) is 24.3 Å². The van der Waals surface area contributed by atoms with Crippen LogP contribution in [0.3, 0.4) is 0 Å². The Morgan fingerprint density at radius 1 is 0.925 bits per heavy atom. The summed E-state index contributed by atoms with van der Waals surface area (Å²) >= 11 is 0. The van der Waals surface area contributed by atoms with E-state index in [9.17, 15) is 22.4 Å². The highest BCUT2D eigenvalue weighted by Gasteiger charge is 2.33. The molecule has 0 aliphatic heterocycles. The first-order valence-electron chi connectivity index (χ1n) is 13.1. The summed E-state index contributed by atoms with van der Waals surface area (Å²) in [6, 6.07) is 20.1. The van der Waals surface area contributed by atoms with Gasteiger partial charge in [-0.2, -0.15) is 0 Å². The van der Waals surface area contributed by atoms with Crippen LogP contribution in [-0.4, -0.2) is 56.6 Å². The predicted octanol–water partition coefficient (Wildman–Crippen LogP) is 4.16. The fraction of sp³-hybridized carbons (Fsp3) is 0.333. The lowest BCUT2D eigenvalue weighted by atomic mass is 10.0. The number of rotatable bonds is 13. The summed E-state index contributed by atoms with van der Waals surface area (Å²) in [5, 5.41) is 2.89. The topological polar surface area (TPSA) is 96.0 Å². The third-order valence-corrected chi connectivity index (χ3v) is 7.22. The summed E-state index contributed by atoms with van der Waals surface area (Å²) in [4.78, 5) is 28.8. The molecule has 0 heterocycles. The zero-order valence-corrected chi connectivity index (χ0v) is 24.0. The van der Waals surface area contributed by atoms with Crippen LogP contribution in [0.2, 0.25) is 0 Å². The van der Waals surface area contributed by atoms with E-state index in [0.29, 0.717) is 17.9 Å². The summed E-state index contributed by atoms with van der Waals surface area (Å²) in [7, 11) is -3.88. The van der Waals surface area contributed by atoms with Crippen LogP contribution in [0.5, 0.6) is 5.75 Å². The van der Waals surface area contributed by atoms with Crippen molar-refractivity contribution in [3.05, 3.63) is 95.8 Å². The van der Waals surface area contributed by atoms with E-state index in [0.717, 1.165) is 16.1 Å². The van der Waals surface area contributed by atoms with Crippen molar-refractivity contribution in [2.45, 2.75) is 45.8 Å². The highest BCUT2D eigenvalue weighted by atomic mass is 32.2. The van der Waals surface area contributed by atoms with Gasteiger partial charge in [-0.3, -0.25) is 13.9 Å². The lowest BCUT2D eigenvalue weighted by Crippen LogP contribution is -2.54. The van der Waals surface area contributed by atoms with E-state index in [1.807, 2.05) is 51.1 Å². The van der Waals surface area contributed by atoms with E-state index in [1.165, 1.54) is 29.2 Å². The average Bonchev–Trinajstić information content (AvgIpc) is 2.90. The first-order valence-corrected chi connectivity index (χ1v) is 14.9. The molecule has 0 radical (unpaired) electrons. The molecule has 2 amide bonds. The van der Waals surface area contributed by atoms with E-state index in [4.69, 9.17) is 4.74 Å². The lowest BCUT2D eigenvalue weighted by Gasteiger charge is -2.34. The third kappa shape index (κ3) is 8.81. The number of nitrogens with zero attached hydrogens (tertiary/aromatic N) is 2. The molecule has 3 rings (SSSR count). The van der Waals surface area contributed by atoms with Gasteiger partial charge in [0.2, 0.25) is 21.8 Å². The van der Waals surface area contributed by atoms with Crippen LogP contribution < -0.4 is 14.4 Å². The minimum absolute atomic E-state index is 0.0248. The Morgan fingerprint density at radius 3 is 2.10 bits per heavy atom. The van der Waals surface area contributed by atoms with Gasteiger partial charge in [-0.1, -0.05) is 42.5 Å². The molecular formula is C30H36FN3O5S. The molecule has 8 nitrogen and oxygen atoms in total. The quantitative estimate of drug-likeness (QED) is 0.334. The number of amides is 2. The van der Waals surface area contributed by atoms with Crippen molar-refractivity contribution in [3.8, 4) is 5.75 Å². The Kier molecular flexibility index (Phi) is 10.7. The minimum Gasteiger partial charge on any atom is -0.494 e. The fourth-order valence-corrected chi connectivity index (χ4v) is 5.06. The number of carbonyl (C=O) groups excluding carboxylic acids is 2. The summed E-state index contributed by atoms with van der Waals surface area (Å²) in [5.41, 5.74) is 1.71. The highest BCUT2D eigenvalue weighted by molar-refractivity contribution is 7.92. The van der Waals surface area contributed by atoms with Gasteiger partial charge in [-0.05, 0) is 68.3 Å². The van der Waals surface area contributed by atoms with Crippen LogP contribution in [0.1, 0.15) is 31.9 Å². The minimum atomic E-state index is -3.88. The van der Waals surface area contributed by atoms with Gasteiger partial charge in [-0.15, -0.1) is 0 Å². The van der Waals surface area contributed by atoms with Gasteiger partial charge in [0, 0.05) is 19.0 Å². The van der Waals surface area contributed by atoms with E-state index in [-0.39, 0.29) is 30.6 Å². The van der Waals surface area contributed by atoms with Gasteiger partial charge < -0.3 is 15.0 Å². The zero-order valence-electron chi connectivity index (χ0n) is 23.2. The van der Waals surface area contributed by atoms with Crippen LogP contribution >= 0.6 is 0 Å². The van der Waals surface area contributed by atoms with Crippen LogP contribution in [0.4, 0.5) is 10.1 Å². The lowest BCUT2D eigenvalue weighted by molar-refractivity contribution is -0.140. The molecule has 0 fully saturated rings. The number of sulfonamides is 1. The average molecular weight is 570 g/mol. The Hall–Kier alpha value is -3.92. The molecule has 0 aliphatic rings. The SMILES string of the molecule is CCOc1ccc(N(CC(=O)N(Cc2ccc(F)cc2)C(Cc2ccccc2)C(=O)NC(C)C)S(C)(=O)=O)cc1. The Balaban J connectivity index is 2.02. The molecule has 10 heteroatoms. The van der Waals surface area contributed by atoms with E-state index >= 15 is 0 Å². The monoisotopic (exact) mass is 569 g/mol. The van der Waals surface area contributed by atoms with Crippen molar-refractivity contribution in [2.24, 2.45) is 0 Å². The second-order valence-electron chi connectivity index (χ2n) is 9.71. The maximum absolute atomic E-state index is 14.0. The highest BCUT2D eigenvalue weighted by Crippen LogP contribution is 2.23. The van der Waals surface area contributed by atoms with Crippen LogP contribution in [0.25, 0.3) is 0 Å². The molecule has 3 aromatic carbocycles. The number of anilines is 1. The number of halogens is 1. The Morgan fingerprint density at radius 2 is 1.55 bits per heavy atom. The number of hydrogen-bond donors (Lipinski definition) is 1. The fourth-order valence-electron chi connectivity index (χ4n) is 4.21. The number of ether oxygens (including phenoxy) is 1. The molecule has 40 heavy (non-hydrogen) atoms. The van der Waals surface area contributed by atoms with Gasteiger partial charge >= 0.3 is 0 Å². The van der Waals surface area contributed by atoms with E-state index < -0.39 is 34.3 Å². The third-order valence-electron chi connectivity index (χ3n) is 6.08. The van der Waals surface area contributed by atoms with E-state index in [2.05, 4.69) is 5.32 Å². The first-order chi connectivity index (χ1) is 19.0. The van der Waals surface area contributed by atoms with Gasteiger partial charge in [0.1, 0.15) is 24.2 Å². The molecular weight excluding hydrogens is 533 g/mol. The standard InChI is InChI=1S/C30H36FN3O5S/c1-5-39-27-17-15-26(16-18-27)34(40(4,37)38)21-29(35)33(20-24-11-13-25(31)14-12-24)28(30(36)32-22(2)3)19-23-9-7-6-8-10-23/h6-18,22,28H,5,19-21H2,1-4H3,(H,32,36). The maximum atomic E-state index is 14.0. The first kappa shape index (κ1) is 30.6. The number of carbonyl (C=O) groups is 2. The van der Waals surface area contributed by atoms with Crippen LogP contribution in [0, 0.1) is 5.82 Å². The van der Waals surface area contributed by atoms with Gasteiger partial charge in [0.05, 0.1) is 18.6 Å². The molecule has 1 unspecified atom stereocenters. The molecule has 0 aliphatic carbocycles. The predicted molar refractivity (Wildman–Crippen MR) is 154 cm³/mol. The summed E-state index contributed by atoms with van der Waals surface area (Å²) in [6.07, 6.45) is 1.22. The van der Waals surface area contributed by atoms with Crippen molar-refractivity contribution in [1.29, 1.82) is 0 Å². The molecule has 0 saturated carbocycles. The maximum Gasteiger partial charge on any atom is 0.244 e. The zero-order chi connectivity index (χ0) is 29.3. The summed E-state index contributed by atoms with van der Waals surface area (Å²) < 4.78 is 45.8. The number of nitrogens with one attached hydrogen (secondary N) is 1. The van der Waals surface area contributed by atoms with Crippen molar-refractivity contribution in [2.75, 3.05) is 23.7 Å². The van der Waals surface area contributed by atoms with Gasteiger partial charge in [0.15, 0.2) is 0 Å². The molecule has 1 N–H and O–H groups in total. The largest absolute Gasteiger partial charge is 0.494 e. The Bertz CT molecular complexity index is 1360. The summed E-state index contributed by atoms with van der Waals surface area (Å²) in [6.45, 7) is 5.37. The normalized spacial score (nSPS) is 12.1. The smallest absolute Gasteiger partial charge is 0.244 e.